The van der Waals surface area contributed by atoms with Crippen molar-refractivity contribution in [3.63, 3.8) is 0 Å². The maximum atomic E-state index is 12.2. The number of thioether (sulfide) groups is 1. The molecular weight excluding hydrogens is 355 g/mol. The fourth-order valence-electron chi connectivity index (χ4n) is 2.55. The van der Waals surface area contributed by atoms with Gasteiger partial charge in [0.1, 0.15) is 5.37 Å². The molecule has 1 aliphatic rings. The SMILES string of the molecule is CCC(=O)N(CC)CCN1C(=O)CS[C@@H]1c1ccc(Cl)c(Cl)c1. The molecule has 0 aliphatic carbocycles. The van der Waals surface area contributed by atoms with Crippen molar-refractivity contribution in [1.29, 1.82) is 0 Å². The predicted molar refractivity (Wildman–Crippen MR) is 95.9 cm³/mol. The summed E-state index contributed by atoms with van der Waals surface area (Å²) in [5.74, 6) is 0.641. The first-order valence-corrected chi connectivity index (χ1v) is 9.42. The molecule has 2 rings (SSSR count). The summed E-state index contributed by atoms with van der Waals surface area (Å²) < 4.78 is 0. The molecule has 1 saturated heterocycles. The van der Waals surface area contributed by atoms with E-state index in [1.165, 1.54) is 0 Å². The predicted octanol–water partition coefficient (Wildman–Crippen LogP) is 3.83. The van der Waals surface area contributed by atoms with Crippen LogP contribution in [0.4, 0.5) is 0 Å². The van der Waals surface area contributed by atoms with Crippen LogP contribution in [0.25, 0.3) is 0 Å². The van der Waals surface area contributed by atoms with Gasteiger partial charge in [0.25, 0.3) is 0 Å². The lowest BCUT2D eigenvalue weighted by Gasteiger charge is -2.28. The monoisotopic (exact) mass is 374 g/mol. The second-order valence-corrected chi connectivity index (χ2v) is 7.13. The van der Waals surface area contributed by atoms with Gasteiger partial charge < -0.3 is 9.80 Å². The molecule has 1 aromatic carbocycles. The Morgan fingerprint density at radius 2 is 2.09 bits per heavy atom. The summed E-state index contributed by atoms with van der Waals surface area (Å²) in [5, 5.41) is 0.912. The molecule has 1 heterocycles. The molecule has 0 aromatic heterocycles. The summed E-state index contributed by atoms with van der Waals surface area (Å²) in [6.07, 6.45) is 0.479. The van der Waals surface area contributed by atoms with E-state index >= 15 is 0 Å². The van der Waals surface area contributed by atoms with Crippen molar-refractivity contribution in [2.75, 3.05) is 25.4 Å². The standard InChI is InChI=1S/C16H20Cl2N2O2S/c1-3-14(21)19(4-2)7-8-20-15(22)10-23-16(20)11-5-6-12(17)13(18)9-11/h5-6,9,16H,3-4,7-8,10H2,1-2H3/t16-/m1/s1. The number of hydrogen-bond acceptors (Lipinski definition) is 3. The molecule has 0 unspecified atom stereocenters. The molecule has 0 saturated carbocycles. The maximum absolute atomic E-state index is 12.2. The molecule has 0 N–H and O–H groups in total. The van der Waals surface area contributed by atoms with Crippen LogP contribution in [0.15, 0.2) is 18.2 Å². The van der Waals surface area contributed by atoms with E-state index < -0.39 is 0 Å². The van der Waals surface area contributed by atoms with Crippen molar-refractivity contribution < 1.29 is 9.59 Å². The van der Waals surface area contributed by atoms with Crippen molar-refractivity contribution in [3.8, 4) is 0 Å². The fourth-order valence-corrected chi connectivity index (χ4v) is 4.06. The third-order valence-electron chi connectivity index (χ3n) is 3.84. The summed E-state index contributed by atoms with van der Waals surface area (Å²) >= 11 is 13.6. The highest BCUT2D eigenvalue weighted by molar-refractivity contribution is 8.00. The average Bonchev–Trinajstić information content (AvgIpc) is 2.91. The van der Waals surface area contributed by atoms with Crippen molar-refractivity contribution in [3.05, 3.63) is 33.8 Å². The number of benzene rings is 1. The van der Waals surface area contributed by atoms with Gasteiger partial charge in [-0.2, -0.15) is 0 Å². The number of carbonyl (C=O) groups is 2. The van der Waals surface area contributed by atoms with Gasteiger partial charge in [-0.1, -0.05) is 36.2 Å². The second-order valence-electron chi connectivity index (χ2n) is 5.25. The van der Waals surface area contributed by atoms with Gasteiger partial charge in [-0.3, -0.25) is 9.59 Å². The Labute approximate surface area is 151 Å². The van der Waals surface area contributed by atoms with Gasteiger partial charge in [0.2, 0.25) is 11.8 Å². The Balaban J connectivity index is 2.10. The zero-order chi connectivity index (χ0) is 17.0. The Hall–Kier alpha value is -0.910. The zero-order valence-corrected chi connectivity index (χ0v) is 15.5. The number of hydrogen-bond donors (Lipinski definition) is 0. The third-order valence-corrected chi connectivity index (χ3v) is 5.84. The molecule has 7 heteroatoms. The highest BCUT2D eigenvalue weighted by atomic mass is 35.5. The van der Waals surface area contributed by atoms with Crippen LogP contribution in [-0.2, 0) is 9.59 Å². The lowest BCUT2D eigenvalue weighted by molar-refractivity contribution is -0.133. The normalized spacial score (nSPS) is 17.7. The maximum Gasteiger partial charge on any atom is 0.233 e. The quantitative estimate of drug-likeness (QED) is 0.759. The fraction of sp³-hybridized carbons (Fsp3) is 0.500. The van der Waals surface area contributed by atoms with E-state index in [9.17, 15) is 9.59 Å². The minimum Gasteiger partial charge on any atom is -0.341 e. The summed E-state index contributed by atoms with van der Waals surface area (Å²) in [5.41, 5.74) is 0.958. The molecule has 1 aliphatic heterocycles. The van der Waals surface area contributed by atoms with E-state index in [1.54, 1.807) is 22.7 Å². The Morgan fingerprint density at radius 3 is 2.70 bits per heavy atom. The van der Waals surface area contributed by atoms with Gasteiger partial charge in [0.05, 0.1) is 15.8 Å². The topological polar surface area (TPSA) is 40.6 Å². The minimum absolute atomic E-state index is 0.0762. The first kappa shape index (κ1) is 18.4. The smallest absolute Gasteiger partial charge is 0.233 e. The number of amides is 2. The van der Waals surface area contributed by atoms with Crippen molar-refractivity contribution in [1.82, 2.24) is 9.80 Å². The van der Waals surface area contributed by atoms with Crippen LogP contribution in [0.5, 0.6) is 0 Å². The molecule has 4 nitrogen and oxygen atoms in total. The number of carbonyl (C=O) groups excluding carboxylic acids is 2. The molecule has 2 amide bonds. The van der Waals surface area contributed by atoms with Gasteiger partial charge in [-0.05, 0) is 24.6 Å². The van der Waals surface area contributed by atoms with E-state index in [1.807, 2.05) is 30.9 Å². The molecule has 0 bridgehead atoms. The summed E-state index contributed by atoms with van der Waals surface area (Å²) in [4.78, 5) is 27.6. The minimum atomic E-state index is -0.0762. The van der Waals surface area contributed by atoms with Crippen molar-refractivity contribution in [2.24, 2.45) is 0 Å². The van der Waals surface area contributed by atoms with E-state index in [0.717, 1.165) is 5.56 Å². The van der Waals surface area contributed by atoms with Gasteiger partial charge >= 0.3 is 0 Å². The summed E-state index contributed by atoms with van der Waals surface area (Å²) in [7, 11) is 0. The van der Waals surface area contributed by atoms with E-state index in [4.69, 9.17) is 23.2 Å². The Kier molecular flexibility index (Phi) is 6.62. The number of likely N-dealkylation sites (N-methyl/N-ethyl adjacent to an activating group) is 1. The highest BCUT2D eigenvalue weighted by Gasteiger charge is 2.33. The number of rotatable bonds is 6. The van der Waals surface area contributed by atoms with Crippen LogP contribution < -0.4 is 0 Å². The van der Waals surface area contributed by atoms with Crippen LogP contribution >= 0.6 is 35.0 Å². The third kappa shape index (κ3) is 4.34. The van der Waals surface area contributed by atoms with Crippen molar-refractivity contribution >= 4 is 46.8 Å². The van der Waals surface area contributed by atoms with Crippen LogP contribution in [-0.4, -0.2) is 47.0 Å². The van der Waals surface area contributed by atoms with Gasteiger partial charge in [0.15, 0.2) is 0 Å². The van der Waals surface area contributed by atoms with Gasteiger partial charge in [-0.25, -0.2) is 0 Å². The molecule has 126 valence electrons. The van der Waals surface area contributed by atoms with Crippen LogP contribution in [0.3, 0.4) is 0 Å². The zero-order valence-electron chi connectivity index (χ0n) is 13.2. The van der Waals surface area contributed by atoms with Crippen LogP contribution in [0.1, 0.15) is 31.2 Å². The first-order valence-electron chi connectivity index (χ1n) is 7.61. The highest BCUT2D eigenvalue weighted by Crippen LogP contribution is 2.40. The van der Waals surface area contributed by atoms with Crippen LogP contribution in [0.2, 0.25) is 10.0 Å². The Morgan fingerprint density at radius 1 is 1.35 bits per heavy atom. The molecule has 1 aromatic rings. The first-order chi connectivity index (χ1) is 11.0. The van der Waals surface area contributed by atoms with E-state index in [0.29, 0.717) is 41.9 Å². The molecule has 23 heavy (non-hydrogen) atoms. The molecule has 0 spiro atoms. The molecule has 0 radical (unpaired) electrons. The molecular formula is C16H20Cl2N2O2S. The van der Waals surface area contributed by atoms with Gasteiger partial charge in [0, 0.05) is 26.1 Å². The summed E-state index contributed by atoms with van der Waals surface area (Å²) in [6.45, 7) is 5.52. The van der Waals surface area contributed by atoms with Gasteiger partial charge in [-0.15, -0.1) is 11.8 Å². The number of nitrogens with zero attached hydrogens (tertiary/aromatic N) is 2. The van der Waals surface area contributed by atoms with E-state index in [-0.39, 0.29) is 17.2 Å². The Bertz CT molecular complexity index is 597. The van der Waals surface area contributed by atoms with E-state index in [2.05, 4.69) is 0 Å². The second kappa shape index (κ2) is 8.27. The summed E-state index contributed by atoms with van der Waals surface area (Å²) in [6, 6.07) is 5.45. The molecule has 1 atom stereocenters. The lowest BCUT2D eigenvalue weighted by atomic mass is 10.2. The van der Waals surface area contributed by atoms with Crippen LogP contribution in [0, 0.1) is 0 Å². The number of halogens is 2. The average molecular weight is 375 g/mol. The lowest BCUT2D eigenvalue weighted by Crippen LogP contribution is -2.39. The molecule has 1 fully saturated rings. The largest absolute Gasteiger partial charge is 0.341 e. The van der Waals surface area contributed by atoms with Crippen molar-refractivity contribution in [2.45, 2.75) is 25.6 Å².